The van der Waals surface area contributed by atoms with E-state index in [-0.39, 0.29) is 6.42 Å². The van der Waals surface area contributed by atoms with Crippen LogP contribution < -0.4 is 9.47 Å². The van der Waals surface area contributed by atoms with Gasteiger partial charge in [0.2, 0.25) is 0 Å². The predicted octanol–water partition coefficient (Wildman–Crippen LogP) is 4.93. The molecule has 0 saturated carbocycles. The SMILES string of the molecule is COc1ccc(/C=C/c2nc(-c3ccc(C)cc3)c(CC(=O)O)s2)cc1OC. The van der Waals surface area contributed by atoms with E-state index in [0.717, 1.165) is 32.3 Å². The molecule has 0 unspecified atom stereocenters. The molecule has 6 heteroatoms. The van der Waals surface area contributed by atoms with E-state index < -0.39 is 5.97 Å². The van der Waals surface area contributed by atoms with Crippen molar-refractivity contribution in [1.82, 2.24) is 4.98 Å². The first-order chi connectivity index (χ1) is 13.5. The zero-order valence-electron chi connectivity index (χ0n) is 15.9. The molecular formula is C22H21NO4S. The molecule has 3 aromatic rings. The number of aromatic nitrogens is 1. The topological polar surface area (TPSA) is 68.7 Å². The third-order valence-electron chi connectivity index (χ3n) is 4.18. The van der Waals surface area contributed by atoms with E-state index in [2.05, 4.69) is 4.98 Å². The van der Waals surface area contributed by atoms with Gasteiger partial charge < -0.3 is 14.6 Å². The van der Waals surface area contributed by atoms with E-state index in [1.807, 2.05) is 61.5 Å². The quantitative estimate of drug-likeness (QED) is 0.614. The Morgan fingerprint density at radius 1 is 1.07 bits per heavy atom. The molecule has 0 spiro atoms. The number of hydrogen-bond acceptors (Lipinski definition) is 5. The summed E-state index contributed by atoms with van der Waals surface area (Å²) < 4.78 is 10.6. The summed E-state index contributed by atoms with van der Waals surface area (Å²) in [5.74, 6) is 0.447. The lowest BCUT2D eigenvalue weighted by Crippen LogP contribution is -1.99. The van der Waals surface area contributed by atoms with Crippen molar-refractivity contribution in [3.05, 3.63) is 63.5 Å². The van der Waals surface area contributed by atoms with E-state index in [4.69, 9.17) is 9.47 Å². The summed E-state index contributed by atoms with van der Waals surface area (Å²) in [6, 6.07) is 13.6. The van der Waals surface area contributed by atoms with E-state index in [0.29, 0.717) is 11.5 Å². The third-order valence-corrected chi connectivity index (χ3v) is 5.20. The van der Waals surface area contributed by atoms with Crippen LogP contribution in [0.4, 0.5) is 0 Å². The first-order valence-electron chi connectivity index (χ1n) is 8.69. The number of benzene rings is 2. The maximum atomic E-state index is 11.3. The third kappa shape index (κ3) is 4.58. The van der Waals surface area contributed by atoms with Gasteiger partial charge in [-0.3, -0.25) is 4.79 Å². The molecule has 0 fully saturated rings. The van der Waals surface area contributed by atoms with Gasteiger partial charge in [-0.1, -0.05) is 42.0 Å². The molecule has 1 aromatic heterocycles. The van der Waals surface area contributed by atoms with Crippen molar-refractivity contribution in [3.8, 4) is 22.8 Å². The highest BCUT2D eigenvalue weighted by Gasteiger charge is 2.15. The summed E-state index contributed by atoms with van der Waals surface area (Å²) in [6.07, 6.45) is 3.75. The van der Waals surface area contributed by atoms with Crippen LogP contribution in [-0.4, -0.2) is 30.3 Å². The average molecular weight is 395 g/mol. The number of carboxylic acid groups (broad SMARTS) is 1. The van der Waals surface area contributed by atoms with Crippen LogP contribution in [0.1, 0.15) is 21.0 Å². The Balaban J connectivity index is 1.93. The highest BCUT2D eigenvalue weighted by molar-refractivity contribution is 7.13. The molecule has 3 rings (SSSR count). The highest BCUT2D eigenvalue weighted by Crippen LogP contribution is 2.31. The second kappa shape index (κ2) is 8.71. The lowest BCUT2D eigenvalue weighted by molar-refractivity contribution is -0.136. The van der Waals surface area contributed by atoms with Gasteiger partial charge in [-0.15, -0.1) is 11.3 Å². The standard InChI is InChI=1S/C22H21NO4S/c1-14-4-8-16(9-5-14)22-19(13-21(24)25)28-20(23-22)11-7-15-6-10-17(26-2)18(12-15)27-3/h4-12H,13H2,1-3H3,(H,24,25)/b11-7+. The molecule has 0 bridgehead atoms. The number of ether oxygens (including phenoxy) is 2. The van der Waals surface area contributed by atoms with Gasteiger partial charge in [-0.25, -0.2) is 4.98 Å². The van der Waals surface area contributed by atoms with Crippen molar-refractivity contribution in [2.75, 3.05) is 14.2 Å². The second-order valence-electron chi connectivity index (χ2n) is 6.21. The maximum Gasteiger partial charge on any atom is 0.308 e. The Morgan fingerprint density at radius 3 is 2.43 bits per heavy atom. The van der Waals surface area contributed by atoms with Crippen LogP contribution >= 0.6 is 11.3 Å². The van der Waals surface area contributed by atoms with Crippen LogP contribution in [0.2, 0.25) is 0 Å². The van der Waals surface area contributed by atoms with Crippen LogP contribution in [0.15, 0.2) is 42.5 Å². The Hall–Kier alpha value is -3.12. The normalized spacial score (nSPS) is 11.0. The van der Waals surface area contributed by atoms with Crippen molar-refractivity contribution in [3.63, 3.8) is 0 Å². The smallest absolute Gasteiger partial charge is 0.308 e. The van der Waals surface area contributed by atoms with Crippen LogP contribution in [-0.2, 0) is 11.2 Å². The van der Waals surface area contributed by atoms with Gasteiger partial charge in [-0.2, -0.15) is 0 Å². The number of thiazole rings is 1. The Morgan fingerprint density at radius 2 is 1.79 bits per heavy atom. The van der Waals surface area contributed by atoms with Gasteiger partial charge >= 0.3 is 5.97 Å². The minimum absolute atomic E-state index is 0.0505. The molecule has 0 aliphatic carbocycles. The Bertz CT molecular complexity index is 1010. The predicted molar refractivity (Wildman–Crippen MR) is 112 cm³/mol. The minimum atomic E-state index is -0.868. The highest BCUT2D eigenvalue weighted by atomic mass is 32.1. The lowest BCUT2D eigenvalue weighted by Gasteiger charge is -2.07. The van der Waals surface area contributed by atoms with Crippen molar-refractivity contribution >= 4 is 29.5 Å². The number of nitrogens with zero attached hydrogens (tertiary/aromatic N) is 1. The molecule has 144 valence electrons. The van der Waals surface area contributed by atoms with E-state index >= 15 is 0 Å². The van der Waals surface area contributed by atoms with Gasteiger partial charge in [-0.05, 0) is 30.7 Å². The summed E-state index contributed by atoms with van der Waals surface area (Å²) in [5, 5.41) is 9.99. The second-order valence-corrected chi connectivity index (χ2v) is 7.32. The molecule has 5 nitrogen and oxygen atoms in total. The summed E-state index contributed by atoms with van der Waals surface area (Å²) in [5.41, 5.74) is 3.72. The maximum absolute atomic E-state index is 11.3. The van der Waals surface area contributed by atoms with Gasteiger partial charge in [0, 0.05) is 10.4 Å². The molecule has 28 heavy (non-hydrogen) atoms. The Kier molecular flexibility index (Phi) is 6.11. The molecule has 0 atom stereocenters. The fourth-order valence-electron chi connectivity index (χ4n) is 2.76. The van der Waals surface area contributed by atoms with E-state index in [1.54, 1.807) is 14.2 Å². The molecule has 1 heterocycles. The molecular weight excluding hydrogens is 374 g/mol. The van der Waals surface area contributed by atoms with Gasteiger partial charge in [0.05, 0.1) is 26.3 Å². The van der Waals surface area contributed by atoms with E-state index in [1.165, 1.54) is 11.3 Å². The van der Waals surface area contributed by atoms with E-state index in [9.17, 15) is 9.90 Å². The van der Waals surface area contributed by atoms with Gasteiger partial charge in [0.15, 0.2) is 11.5 Å². The number of carboxylic acids is 1. The Labute approximate surface area is 167 Å². The van der Waals surface area contributed by atoms with Crippen LogP contribution in [0.3, 0.4) is 0 Å². The lowest BCUT2D eigenvalue weighted by atomic mass is 10.1. The fourth-order valence-corrected chi connectivity index (χ4v) is 3.74. The molecule has 1 N–H and O–H groups in total. The number of rotatable bonds is 7. The fraction of sp³-hybridized carbons (Fsp3) is 0.182. The molecule has 0 aliphatic rings. The molecule has 0 saturated heterocycles. The van der Waals surface area contributed by atoms with Crippen LogP contribution in [0, 0.1) is 6.92 Å². The zero-order chi connectivity index (χ0) is 20.1. The first kappa shape index (κ1) is 19.6. The number of methoxy groups -OCH3 is 2. The molecule has 0 amide bonds. The number of aliphatic carboxylic acids is 1. The van der Waals surface area contributed by atoms with Crippen molar-refractivity contribution in [2.45, 2.75) is 13.3 Å². The summed E-state index contributed by atoms with van der Waals surface area (Å²) in [7, 11) is 3.19. The first-order valence-corrected chi connectivity index (χ1v) is 9.50. The molecule has 0 aliphatic heterocycles. The molecule has 0 radical (unpaired) electrons. The average Bonchev–Trinajstić information content (AvgIpc) is 3.08. The van der Waals surface area contributed by atoms with Crippen molar-refractivity contribution in [1.29, 1.82) is 0 Å². The molecule has 2 aromatic carbocycles. The summed E-state index contributed by atoms with van der Waals surface area (Å²) in [6.45, 7) is 2.01. The zero-order valence-corrected chi connectivity index (χ0v) is 16.7. The van der Waals surface area contributed by atoms with Crippen LogP contribution in [0.5, 0.6) is 11.5 Å². The summed E-state index contributed by atoms with van der Waals surface area (Å²) >= 11 is 1.39. The number of aryl methyl sites for hydroxylation is 1. The van der Waals surface area contributed by atoms with Crippen LogP contribution in [0.25, 0.3) is 23.4 Å². The largest absolute Gasteiger partial charge is 0.493 e. The van der Waals surface area contributed by atoms with Gasteiger partial charge in [0.25, 0.3) is 0 Å². The summed E-state index contributed by atoms with van der Waals surface area (Å²) in [4.78, 5) is 16.7. The number of hydrogen-bond donors (Lipinski definition) is 1. The minimum Gasteiger partial charge on any atom is -0.493 e. The number of carbonyl (C=O) groups is 1. The monoisotopic (exact) mass is 395 g/mol. The van der Waals surface area contributed by atoms with Gasteiger partial charge in [0.1, 0.15) is 5.01 Å². The van der Waals surface area contributed by atoms with Crippen molar-refractivity contribution in [2.24, 2.45) is 0 Å². The van der Waals surface area contributed by atoms with Crippen molar-refractivity contribution < 1.29 is 19.4 Å².